The first-order valence-corrected chi connectivity index (χ1v) is 16.4. The van der Waals surface area contributed by atoms with Gasteiger partial charge in [-0.25, -0.2) is 9.79 Å². The standard InChI is InChI=1S/C37H37N3O7S/c1-7-44-31-17-24(13-15-28(31)46-21-27-12-10-9-11-26(27)20-38)18-32-35(41)40-34(25-14-16-29(47-22(3)4)30(19-25)43-6)33(36(42)45-8-2)23(5)39-37(40)48-32/h9-19,22,34H,7-8,21H2,1-6H3/b32-18-/t34-/m1/s1. The van der Waals surface area contributed by atoms with E-state index in [1.807, 2.05) is 51.1 Å². The van der Waals surface area contributed by atoms with Crippen LogP contribution in [0, 0.1) is 11.3 Å². The summed E-state index contributed by atoms with van der Waals surface area (Å²) in [7, 11) is 1.54. The van der Waals surface area contributed by atoms with Gasteiger partial charge >= 0.3 is 5.97 Å². The Morgan fingerprint density at radius 3 is 2.50 bits per heavy atom. The summed E-state index contributed by atoms with van der Waals surface area (Å²) in [5, 5.41) is 9.43. The van der Waals surface area contributed by atoms with Crippen LogP contribution in [0.3, 0.4) is 0 Å². The Bertz CT molecular complexity index is 2090. The number of carbonyl (C=O) groups excluding carboxylic acids is 1. The Balaban J connectivity index is 1.58. The minimum absolute atomic E-state index is 0.0798. The molecule has 0 amide bonds. The summed E-state index contributed by atoms with van der Waals surface area (Å²) in [6.07, 6.45) is 1.69. The van der Waals surface area contributed by atoms with Gasteiger partial charge in [-0.3, -0.25) is 9.36 Å². The first-order valence-electron chi connectivity index (χ1n) is 15.6. The SMILES string of the molecule is CCOC(=O)C1=C(C)N=c2s/c(=C\c3ccc(OCc4ccccc4C#N)c(OCC)c3)c(=O)n2[C@@H]1c1ccc(OC(C)C)c(OC)c1. The number of carbonyl (C=O) groups is 1. The Kier molecular flexibility index (Phi) is 10.7. The van der Waals surface area contributed by atoms with E-state index in [0.717, 1.165) is 5.56 Å². The first kappa shape index (κ1) is 34.0. The summed E-state index contributed by atoms with van der Waals surface area (Å²) in [4.78, 5) is 32.6. The zero-order chi connectivity index (χ0) is 34.4. The second kappa shape index (κ2) is 15.0. The first-order chi connectivity index (χ1) is 23.2. The van der Waals surface area contributed by atoms with Crippen LogP contribution >= 0.6 is 11.3 Å². The summed E-state index contributed by atoms with van der Waals surface area (Å²) in [6.45, 7) is 9.96. The largest absolute Gasteiger partial charge is 0.493 e. The molecule has 11 heteroatoms. The number of ether oxygens (including phenoxy) is 5. The maximum atomic E-state index is 14.2. The smallest absolute Gasteiger partial charge is 0.338 e. The van der Waals surface area contributed by atoms with E-state index in [1.54, 1.807) is 57.4 Å². The molecular formula is C37H37N3O7S. The minimum atomic E-state index is -0.810. The van der Waals surface area contributed by atoms with Crippen molar-refractivity contribution in [3.05, 3.63) is 114 Å². The molecule has 5 rings (SSSR count). The Morgan fingerprint density at radius 1 is 1.02 bits per heavy atom. The number of rotatable bonds is 12. The molecule has 1 aliphatic rings. The van der Waals surface area contributed by atoms with Crippen molar-refractivity contribution in [2.45, 2.75) is 53.4 Å². The lowest BCUT2D eigenvalue weighted by Crippen LogP contribution is -2.40. The van der Waals surface area contributed by atoms with Gasteiger partial charge in [0, 0.05) is 5.56 Å². The molecule has 3 aromatic carbocycles. The van der Waals surface area contributed by atoms with Crippen molar-refractivity contribution in [3.8, 4) is 29.1 Å². The van der Waals surface area contributed by atoms with Crippen molar-refractivity contribution in [1.29, 1.82) is 5.26 Å². The van der Waals surface area contributed by atoms with Crippen molar-refractivity contribution in [2.24, 2.45) is 4.99 Å². The third kappa shape index (κ3) is 7.14. The number of nitrogens with zero attached hydrogens (tertiary/aromatic N) is 3. The highest BCUT2D eigenvalue weighted by atomic mass is 32.1. The average Bonchev–Trinajstić information content (AvgIpc) is 3.37. The predicted octanol–water partition coefficient (Wildman–Crippen LogP) is 5.44. The van der Waals surface area contributed by atoms with Gasteiger partial charge in [0.1, 0.15) is 6.61 Å². The van der Waals surface area contributed by atoms with E-state index in [2.05, 4.69) is 11.1 Å². The fraction of sp³-hybridized carbons (Fsp3) is 0.297. The maximum Gasteiger partial charge on any atom is 0.338 e. The highest BCUT2D eigenvalue weighted by molar-refractivity contribution is 7.07. The Labute approximate surface area is 282 Å². The van der Waals surface area contributed by atoms with Gasteiger partial charge in [0.2, 0.25) is 0 Å². The van der Waals surface area contributed by atoms with E-state index >= 15 is 0 Å². The number of nitriles is 1. The minimum Gasteiger partial charge on any atom is -0.493 e. The molecule has 0 saturated heterocycles. The van der Waals surface area contributed by atoms with Crippen LogP contribution in [0.4, 0.5) is 0 Å². The molecule has 0 saturated carbocycles. The van der Waals surface area contributed by atoms with E-state index in [9.17, 15) is 14.9 Å². The van der Waals surface area contributed by atoms with Crippen LogP contribution in [0.2, 0.25) is 0 Å². The van der Waals surface area contributed by atoms with Crippen molar-refractivity contribution in [3.63, 3.8) is 0 Å². The number of esters is 1. The van der Waals surface area contributed by atoms with Crippen LogP contribution in [-0.4, -0.2) is 37.0 Å². The quantitative estimate of drug-likeness (QED) is 0.183. The molecule has 0 spiro atoms. The summed E-state index contributed by atoms with van der Waals surface area (Å²) in [5.74, 6) is 1.49. The van der Waals surface area contributed by atoms with Crippen LogP contribution in [0.15, 0.2) is 81.7 Å². The zero-order valence-electron chi connectivity index (χ0n) is 27.7. The normalized spacial score (nSPS) is 14.2. The lowest BCUT2D eigenvalue weighted by atomic mass is 9.95. The predicted molar refractivity (Wildman–Crippen MR) is 182 cm³/mol. The lowest BCUT2D eigenvalue weighted by Gasteiger charge is -2.25. The molecule has 1 aromatic heterocycles. The van der Waals surface area contributed by atoms with Gasteiger partial charge in [0.15, 0.2) is 27.8 Å². The van der Waals surface area contributed by atoms with Crippen molar-refractivity contribution < 1.29 is 28.5 Å². The molecule has 0 unspecified atom stereocenters. The monoisotopic (exact) mass is 667 g/mol. The molecule has 0 fully saturated rings. The van der Waals surface area contributed by atoms with Gasteiger partial charge < -0.3 is 23.7 Å². The number of allylic oxidation sites excluding steroid dienone is 1. The fourth-order valence-corrected chi connectivity index (χ4v) is 6.42. The highest BCUT2D eigenvalue weighted by Gasteiger charge is 2.34. The summed E-state index contributed by atoms with van der Waals surface area (Å²) in [6, 6.07) is 19.4. The van der Waals surface area contributed by atoms with Gasteiger partial charge in [0.25, 0.3) is 5.56 Å². The van der Waals surface area contributed by atoms with Crippen molar-refractivity contribution >= 4 is 23.4 Å². The second-order valence-corrected chi connectivity index (χ2v) is 12.1. The van der Waals surface area contributed by atoms with Gasteiger partial charge in [0.05, 0.1) is 59.9 Å². The van der Waals surface area contributed by atoms with Gasteiger partial charge in [-0.15, -0.1) is 0 Å². The molecule has 0 aliphatic carbocycles. The van der Waals surface area contributed by atoms with Crippen LogP contribution < -0.4 is 33.8 Å². The Morgan fingerprint density at radius 2 is 1.79 bits per heavy atom. The van der Waals surface area contributed by atoms with E-state index < -0.39 is 12.0 Å². The van der Waals surface area contributed by atoms with E-state index in [-0.39, 0.29) is 30.5 Å². The van der Waals surface area contributed by atoms with Crippen molar-refractivity contribution in [2.75, 3.05) is 20.3 Å². The molecule has 10 nitrogen and oxygen atoms in total. The number of hydrogen-bond donors (Lipinski definition) is 0. The van der Waals surface area contributed by atoms with Crippen LogP contribution in [0.5, 0.6) is 23.0 Å². The number of aromatic nitrogens is 1. The molecule has 2 heterocycles. The summed E-state index contributed by atoms with van der Waals surface area (Å²) >= 11 is 1.23. The third-order valence-electron chi connectivity index (χ3n) is 7.47. The molecule has 48 heavy (non-hydrogen) atoms. The third-order valence-corrected chi connectivity index (χ3v) is 8.45. The summed E-state index contributed by atoms with van der Waals surface area (Å²) in [5.41, 5.74) is 3.08. The van der Waals surface area contributed by atoms with E-state index in [4.69, 9.17) is 23.7 Å². The molecule has 0 bridgehead atoms. The molecule has 4 aromatic rings. The van der Waals surface area contributed by atoms with E-state index in [0.29, 0.717) is 61.3 Å². The number of methoxy groups -OCH3 is 1. The lowest BCUT2D eigenvalue weighted by molar-refractivity contribution is -0.139. The number of hydrogen-bond acceptors (Lipinski definition) is 10. The van der Waals surface area contributed by atoms with Crippen molar-refractivity contribution in [1.82, 2.24) is 4.57 Å². The average molecular weight is 668 g/mol. The molecule has 0 N–H and O–H groups in total. The van der Waals surface area contributed by atoms with Gasteiger partial charge in [-0.1, -0.05) is 41.7 Å². The molecule has 1 atom stereocenters. The van der Waals surface area contributed by atoms with E-state index in [1.165, 1.54) is 15.9 Å². The van der Waals surface area contributed by atoms with Crippen LogP contribution in [0.25, 0.3) is 6.08 Å². The van der Waals surface area contributed by atoms with Crippen LogP contribution in [0.1, 0.15) is 62.9 Å². The topological polar surface area (TPSA) is 121 Å². The number of benzene rings is 3. The van der Waals surface area contributed by atoms with Gasteiger partial charge in [-0.05, 0) is 82.2 Å². The maximum absolute atomic E-state index is 14.2. The highest BCUT2D eigenvalue weighted by Crippen LogP contribution is 2.37. The molecule has 1 aliphatic heterocycles. The summed E-state index contributed by atoms with van der Waals surface area (Å²) < 4.78 is 30.9. The fourth-order valence-electron chi connectivity index (χ4n) is 5.38. The molecular weight excluding hydrogens is 630 g/mol. The molecule has 248 valence electrons. The zero-order valence-corrected chi connectivity index (χ0v) is 28.6. The number of thiazole rings is 1. The molecule has 0 radical (unpaired) electrons. The van der Waals surface area contributed by atoms with Crippen LogP contribution in [-0.2, 0) is 16.1 Å². The second-order valence-electron chi connectivity index (χ2n) is 11.1. The number of fused-ring (bicyclic) bond motifs is 1. The Hall–Kier alpha value is -5.34. The van der Waals surface area contributed by atoms with Gasteiger partial charge in [-0.2, -0.15) is 5.26 Å².